The van der Waals surface area contributed by atoms with Crippen molar-refractivity contribution in [1.29, 1.82) is 0 Å². The highest BCUT2D eigenvalue weighted by molar-refractivity contribution is 5.92. The van der Waals surface area contributed by atoms with E-state index in [1.807, 2.05) is 31.2 Å². The van der Waals surface area contributed by atoms with Crippen LogP contribution < -0.4 is 25.3 Å². The summed E-state index contributed by atoms with van der Waals surface area (Å²) in [5.74, 6) is 1.40. The van der Waals surface area contributed by atoms with Gasteiger partial charge in [-0.15, -0.1) is 0 Å². The number of aromatic nitrogens is 2. The summed E-state index contributed by atoms with van der Waals surface area (Å²) in [5, 5.41) is 3.91. The summed E-state index contributed by atoms with van der Waals surface area (Å²) in [6.45, 7) is 2.25. The molecule has 1 heterocycles. The number of fused-ring (bicyclic) bond motifs is 1. The van der Waals surface area contributed by atoms with Crippen LogP contribution in [0.15, 0.2) is 60.7 Å². The third kappa shape index (κ3) is 4.95. The summed E-state index contributed by atoms with van der Waals surface area (Å²) in [7, 11) is 3.14. The average molecular weight is 444 g/mol. The van der Waals surface area contributed by atoms with Crippen molar-refractivity contribution in [3.8, 4) is 17.4 Å². The van der Waals surface area contributed by atoms with Gasteiger partial charge in [0.05, 0.1) is 25.1 Å². The molecule has 8 nitrogen and oxygen atoms in total. The molecule has 8 heteroatoms. The van der Waals surface area contributed by atoms with Crippen molar-refractivity contribution in [2.45, 2.75) is 13.5 Å². The van der Waals surface area contributed by atoms with Gasteiger partial charge in [-0.1, -0.05) is 24.3 Å². The van der Waals surface area contributed by atoms with Gasteiger partial charge in [0.25, 0.3) is 0 Å². The van der Waals surface area contributed by atoms with E-state index in [9.17, 15) is 4.79 Å². The number of carbonyl (C=O) groups excluding carboxylic acids is 1. The van der Waals surface area contributed by atoms with Crippen molar-refractivity contribution >= 4 is 28.4 Å². The van der Waals surface area contributed by atoms with Crippen LogP contribution in [0.5, 0.6) is 17.4 Å². The van der Waals surface area contributed by atoms with Crippen LogP contribution in [0.2, 0.25) is 0 Å². The fourth-order valence-electron chi connectivity index (χ4n) is 3.36. The van der Waals surface area contributed by atoms with E-state index in [0.717, 1.165) is 16.8 Å². The molecule has 0 spiro atoms. The van der Waals surface area contributed by atoms with E-state index in [4.69, 9.17) is 19.9 Å². The van der Waals surface area contributed by atoms with Crippen molar-refractivity contribution in [3.63, 3.8) is 0 Å². The van der Waals surface area contributed by atoms with Gasteiger partial charge in [0.15, 0.2) is 11.5 Å². The number of aryl methyl sites for hydroxylation is 1. The maximum absolute atomic E-state index is 11.3. The van der Waals surface area contributed by atoms with Gasteiger partial charge in [0.2, 0.25) is 17.7 Å². The van der Waals surface area contributed by atoms with Gasteiger partial charge in [-0.3, -0.25) is 4.79 Å². The number of nitrogens with two attached hydrogens (primary N) is 1. The number of rotatable bonds is 8. The maximum atomic E-state index is 11.3. The number of amides is 1. The fourth-order valence-corrected chi connectivity index (χ4v) is 3.36. The Kier molecular flexibility index (Phi) is 6.26. The number of benzene rings is 3. The molecule has 3 aromatic carbocycles. The van der Waals surface area contributed by atoms with Gasteiger partial charge >= 0.3 is 0 Å². The topological polar surface area (TPSA) is 109 Å². The second-order valence-electron chi connectivity index (χ2n) is 7.42. The lowest BCUT2D eigenvalue weighted by Crippen LogP contribution is -2.10. The molecule has 33 heavy (non-hydrogen) atoms. The summed E-state index contributed by atoms with van der Waals surface area (Å²) in [5.41, 5.74) is 9.23. The zero-order valence-electron chi connectivity index (χ0n) is 18.6. The molecule has 0 fully saturated rings. The monoisotopic (exact) mass is 444 g/mol. The Balaban J connectivity index is 1.71. The standard InChI is InChI=1S/C25H24N4O4/c1-15-5-4-6-18(11-15)27-25-28-20-13-22(32-3)21(31-2)12-19(20)24(29-25)33-14-16-7-9-17(10-8-16)23(26)30/h4-13H,14H2,1-3H3,(H2,26,30)(H,27,28,29). The molecular weight excluding hydrogens is 420 g/mol. The lowest BCUT2D eigenvalue weighted by atomic mass is 10.1. The van der Waals surface area contributed by atoms with Crippen molar-refractivity contribution in [3.05, 3.63) is 77.4 Å². The van der Waals surface area contributed by atoms with Crippen LogP contribution in [0.3, 0.4) is 0 Å². The van der Waals surface area contributed by atoms with Crippen molar-refractivity contribution in [2.24, 2.45) is 5.73 Å². The van der Waals surface area contributed by atoms with E-state index in [1.54, 1.807) is 50.6 Å². The first-order valence-corrected chi connectivity index (χ1v) is 10.3. The largest absolute Gasteiger partial charge is 0.493 e. The van der Waals surface area contributed by atoms with Crippen LogP contribution in [0.4, 0.5) is 11.6 Å². The Labute approximate surface area is 191 Å². The minimum absolute atomic E-state index is 0.239. The number of primary amides is 1. The van der Waals surface area contributed by atoms with Crippen molar-refractivity contribution < 1.29 is 19.0 Å². The fraction of sp³-hybridized carbons (Fsp3) is 0.160. The molecule has 0 aliphatic rings. The van der Waals surface area contributed by atoms with Crippen LogP contribution in [-0.4, -0.2) is 30.1 Å². The van der Waals surface area contributed by atoms with Crippen LogP contribution in [0, 0.1) is 6.92 Å². The number of ether oxygens (including phenoxy) is 3. The molecule has 168 valence electrons. The van der Waals surface area contributed by atoms with Crippen LogP contribution >= 0.6 is 0 Å². The Morgan fingerprint density at radius 1 is 0.970 bits per heavy atom. The summed E-state index contributed by atoms with van der Waals surface area (Å²) in [6.07, 6.45) is 0. The number of anilines is 2. The first kappa shape index (κ1) is 21.9. The zero-order valence-corrected chi connectivity index (χ0v) is 18.6. The van der Waals surface area contributed by atoms with E-state index in [-0.39, 0.29) is 6.61 Å². The number of methoxy groups -OCH3 is 2. The van der Waals surface area contributed by atoms with Crippen molar-refractivity contribution in [1.82, 2.24) is 9.97 Å². The minimum Gasteiger partial charge on any atom is -0.493 e. The van der Waals surface area contributed by atoms with Gasteiger partial charge in [0.1, 0.15) is 6.61 Å². The molecule has 1 aromatic heterocycles. The number of nitrogens with one attached hydrogen (secondary N) is 1. The molecule has 3 N–H and O–H groups in total. The highest BCUT2D eigenvalue weighted by Gasteiger charge is 2.15. The number of hydrogen-bond donors (Lipinski definition) is 2. The van der Waals surface area contributed by atoms with Crippen LogP contribution in [0.1, 0.15) is 21.5 Å². The Bertz CT molecular complexity index is 1310. The van der Waals surface area contributed by atoms with E-state index in [2.05, 4.69) is 15.3 Å². The Morgan fingerprint density at radius 3 is 2.36 bits per heavy atom. The summed E-state index contributed by atoms with van der Waals surface area (Å²) in [6, 6.07) is 18.4. The molecule has 0 unspecified atom stereocenters. The number of carbonyl (C=O) groups is 1. The molecule has 0 atom stereocenters. The maximum Gasteiger partial charge on any atom is 0.248 e. The van der Waals surface area contributed by atoms with Gasteiger partial charge in [-0.2, -0.15) is 4.98 Å². The second-order valence-corrected chi connectivity index (χ2v) is 7.42. The van der Waals surface area contributed by atoms with E-state index < -0.39 is 5.91 Å². The average Bonchev–Trinajstić information content (AvgIpc) is 2.82. The summed E-state index contributed by atoms with van der Waals surface area (Å²) < 4.78 is 17.0. The second kappa shape index (κ2) is 9.44. The first-order chi connectivity index (χ1) is 16.0. The SMILES string of the molecule is COc1cc2nc(Nc3cccc(C)c3)nc(OCc3ccc(C(N)=O)cc3)c2cc1OC. The number of nitrogens with zero attached hydrogens (tertiary/aromatic N) is 2. The molecule has 4 rings (SSSR count). The molecule has 1 amide bonds. The quantitative estimate of drug-likeness (QED) is 0.415. The van der Waals surface area contributed by atoms with E-state index in [0.29, 0.717) is 39.8 Å². The van der Waals surface area contributed by atoms with Crippen LogP contribution in [-0.2, 0) is 6.61 Å². The highest BCUT2D eigenvalue weighted by atomic mass is 16.5. The molecular formula is C25H24N4O4. The Morgan fingerprint density at radius 2 is 1.70 bits per heavy atom. The summed E-state index contributed by atoms with van der Waals surface area (Å²) in [4.78, 5) is 20.5. The Hall–Kier alpha value is -4.33. The molecule has 0 aliphatic carbocycles. The van der Waals surface area contributed by atoms with Crippen molar-refractivity contribution in [2.75, 3.05) is 19.5 Å². The molecule has 4 aromatic rings. The number of hydrogen-bond acceptors (Lipinski definition) is 7. The van der Waals surface area contributed by atoms with Gasteiger partial charge in [-0.25, -0.2) is 4.98 Å². The summed E-state index contributed by atoms with van der Waals surface area (Å²) >= 11 is 0. The molecule has 0 bridgehead atoms. The predicted molar refractivity (Wildman–Crippen MR) is 126 cm³/mol. The third-order valence-corrected chi connectivity index (χ3v) is 5.05. The highest BCUT2D eigenvalue weighted by Crippen LogP contribution is 2.36. The lowest BCUT2D eigenvalue weighted by Gasteiger charge is -2.14. The molecule has 0 saturated carbocycles. The van der Waals surface area contributed by atoms with E-state index >= 15 is 0 Å². The van der Waals surface area contributed by atoms with Gasteiger partial charge in [0, 0.05) is 17.3 Å². The normalized spacial score (nSPS) is 10.6. The van der Waals surface area contributed by atoms with Gasteiger partial charge in [-0.05, 0) is 48.4 Å². The van der Waals surface area contributed by atoms with Gasteiger partial charge < -0.3 is 25.3 Å². The zero-order chi connectivity index (χ0) is 23.4. The minimum atomic E-state index is -0.475. The first-order valence-electron chi connectivity index (χ1n) is 10.3. The smallest absolute Gasteiger partial charge is 0.248 e. The van der Waals surface area contributed by atoms with Crippen LogP contribution in [0.25, 0.3) is 10.9 Å². The molecule has 0 radical (unpaired) electrons. The molecule has 0 aliphatic heterocycles. The third-order valence-electron chi connectivity index (χ3n) is 5.05. The van der Waals surface area contributed by atoms with E-state index in [1.165, 1.54) is 0 Å². The lowest BCUT2D eigenvalue weighted by molar-refractivity contribution is 0.1000. The predicted octanol–water partition coefficient (Wildman–Crippen LogP) is 4.38. The molecule has 0 saturated heterocycles.